The summed E-state index contributed by atoms with van der Waals surface area (Å²) in [7, 11) is -3.26. The topological polar surface area (TPSA) is 73.2 Å². The number of rotatable bonds is 7. The van der Waals surface area contributed by atoms with E-state index in [0.717, 1.165) is 19.6 Å². The molecule has 0 saturated carbocycles. The van der Waals surface area contributed by atoms with Gasteiger partial charge in [0.15, 0.2) is 0 Å². The molecule has 0 spiro atoms. The molecule has 116 valence electrons. The smallest absolute Gasteiger partial charge is 0.211 e. The average Bonchev–Trinajstić information content (AvgIpc) is 2.26. The summed E-state index contributed by atoms with van der Waals surface area (Å²) in [4.78, 5) is 2.35. The number of nitrogens with zero attached hydrogens (tertiary/aromatic N) is 2. The fourth-order valence-electron chi connectivity index (χ4n) is 3.07. The highest BCUT2D eigenvalue weighted by atomic mass is 32.2. The Bertz CT molecular complexity index is 420. The zero-order valence-corrected chi connectivity index (χ0v) is 13.6. The van der Waals surface area contributed by atoms with Crippen LogP contribution in [0, 0.1) is 23.2 Å². The second-order valence-corrected chi connectivity index (χ2v) is 8.14. The summed E-state index contributed by atoms with van der Waals surface area (Å²) >= 11 is 0. The number of sulfonamides is 1. The second kappa shape index (κ2) is 7.96. The van der Waals surface area contributed by atoms with E-state index in [0.29, 0.717) is 18.3 Å². The van der Waals surface area contributed by atoms with E-state index in [1.807, 2.05) is 13.0 Å². The molecule has 0 aromatic rings. The highest BCUT2D eigenvalue weighted by Crippen LogP contribution is 2.20. The highest BCUT2D eigenvalue weighted by Gasteiger charge is 2.24. The van der Waals surface area contributed by atoms with Crippen LogP contribution in [0.3, 0.4) is 0 Å². The van der Waals surface area contributed by atoms with Gasteiger partial charge < -0.3 is 4.90 Å². The molecule has 1 saturated heterocycles. The Kier molecular flexibility index (Phi) is 6.93. The van der Waals surface area contributed by atoms with Crippen LogP contribution in [0.1, 0.15) is 40.0 Å². The van der Waals surface area contributed by atoms with E-state index in [9.17, 15) is 8.42 Å². The van der Waals surface area contributed by atoms with Crippen molar-refractivity contribution in [2.75, 3.05) is 25.4 Å². The lowest BCUT2D eigenvalue weighted by Gasteiger charge is -2.36. The molecule has 0 bridgehead atoms. The maximum absolute atomic E-state index is 11.8. The molecule has 0 aromatic heterocycles. The maximum Gasteiger partial charge on any atom is 0.211 e. The standard InChI is InChI=1S/C14H27N3O2S/c1-12-8-13(2)10-17(9-12)11-14(3)16-20(18,19)7-5-4-6-15/h12-14,16H,4-5,7-11H2,1-3H3/t12-,13-,14+/m1/s1. The van der Waals surface area contributed by atoms with Gasteiger partial charge in [-0.15, -0.1) is 0 Å². The molecule has 20 heavy (non-hydrogen) atoms. The first-order chi connectivity index (χ1) is 9.32. The van der Waals surface area contributed by atoms with Gasteiger partial charge in [0.05, 0.1) is 11.8 Å². The predicted octanol–water partition coefficient (Wildman–Crippen LogP) is 1.58. The molecule has 0 unspecified atom stereocenters. The van der Waals surface area contributed by atoms with Crippen molar-refractivity contribution in [1.82, 2.24) is 9.62 Å². The molecule has 6 heteroatoms. The van der Waals surface area contributed by atoms with Crippen molar-refractivity contribution < 1.29 is 8.42 Å². The Hall–Kier alpha value is -0.640. The third kappa shape index (κ3) is 6.69. The molecular weight excluding hydrogens is 274 g/mol. The molecule has 0 radical (unpaired) electrons. The quantitative estimate of drug-likeness (QED) is 0.725. The van der Waals surface area contributed by atoms with Crippen LogP contribution in [0.4, 0.5) is 0 Å². The van der Waals surface area contributed by atoms with Crippen molar-refractivity contribution in [2.45, 2.75) is 46.1 Å². The van der Waals surface area contributed by atoms with Gasteiger partial charge in [0.1, 0.15) is 0 Å². The Morgan fingerprint density at radius 2 is 1.95 bits per heavy atom. The van der Waals surface area contributed by atoms with Crippen LogP contribution in [0.15, 0.2) is 0 Å². The van der Waals surface area contributed by atoms with Gasteiger partial charge in [-0.3, -0.25) is 0 Å². The molecule has 1 N–H and O–H groups in total. The van der Waals surface area contributed by atoms with Gasteiger partial charge >= 0.3 is 0 Å². The predicted molar refractivity (Wildman–Crippen MR) is 80.6 cm³/mol. The molecule has 1 aliphatic heterocycles. The maximum atomic E-state index is 11.8. The number of nitrogens with one attached hydrogen (secondary N) is 1. The minimum Gasteiger partial charge on any atom is -0.301 e. The largest absolute Gasteiger partial charge is 0.301 e. The van der Waals surface area contributed by atoms with Gasteiger partial charge in [-0.05, 0) is 31.6 Å². The van der Waals surface area contributed by atoms with E-state index in [1.165, 1.54) is 6.42 Å². The monoisotopic (exact) mass is 301 g/mol. The molecule has 0 aliphatic carbocycles. The van der Waals surface area contributed by atoms with Crippen LogP contribution in [-0.2, 0) is 10.0 Å². The Balaban J connectivity index is 2.39. The summed E-state index contributed by atoms with van der Waals surface area (Å²) in [5.74, 6) is 1.40. The second-order valence-electron chi connectivity index (χ2n) is 6.26. The van der Waals surface area contributed by atoms with Gasteiger partial charge in [0, 0.05) is 32.1 Å². The first-order valence-corrected chi connectivity index (χ1v) is 9.07. The van der Waals surface area contributed by atoms with Crippen molar-refractivity contribution in [1.29, 1.82) is 5.26 Å². The molecule has 1 heterocycles. The number of hydrogen-bond donors (Lipinski definition) is 1. The number of unbranched alkanes of at least 4 members (excludes halogenated alkanes) is 1. The molecule has 5 nitrogen and oxygen atoms in total. The minimum atomic E-state index is -3.26. The zero-order chi connectivity index (χ0) is 15.2. The van der Waals surface area contributed by atoms with E-state index in [2.05, 4.69) is 23.5 Å². The number of hydrogen-bond acceptors (Lipinski definition) is 4. The summed E-state index contributed by atoms with van der Waals surface area (Å²) in [6.45, 7) is 9.26. The minimum absolute atomic E-state index is 0.0394. The van der Waals surface area contributed by atoms with Crippen molar-refractivity contribution in [2.24, 2.45) is 11.8 Å². The SMILES string of the molecule is C[C@@H]1C[C@@H](C)CN(C[C@H](C)NS(=O)(=O)CCCC#N)C1. The van der Waals surface area contributed by atoms with Gasteiger partial charge in [-0.2, -0.15) is 5.26 Å². The molecule has 0 amide bonds. The zero-order valence-electron chi connectivity index (χ0n) is 12.8. The first-order valence-electron chi connectivity index (χ1n) is 7.41. The molecular formula is C14H27N3O2S. The Morgan fingerprint density at radius 3 is 2.50 bits per heavy atom. The summed E-state index contributed by atoms with van der Waals surface area (Å²) in [5.41, 5.74) is 0. The van der Waals surface area contributed by atoms with Crippen molar-refractivity contribution in [3.05, 3.63) is 0 Å². The van der Waals surface area contributed by atoms with Crippen LogP contribution >= 0.6 is 0 Å². The first kappa shape index (κ1) is 17.4. The van der Waals surface area contributed by atoms with Crippen molar-refractivity contribution in [3.8, 4) is 6.07 Å². The fourth-order valence-corrected chi connectivity index (χ4v) is 4.40. The molecule has 1 aliphatic rings. The third-order valence-corrected chi connectivity index (χ3v) is 5.15. The normalized spacial score (nSPS) is 26.1. The Morgan fingerprint density at radius 1 is 1.35 bits per heavy atom. The third-order valence-electron chi connectivity index (χ3n) is 3.56. The molecule has 0 aromatic carbocycles. The van der Waals surface area contributed by atoms with Crippen molar-refractivity contribution >= 4 is 10.0 Å². The van der Waals surface area contributed by atoms with Crippen LogP contribution in [0.25, 0.3) is 0 Å². The highest BCUT2D eigenvalue weighted by molar-refractivity contribution is 7.89. The summed E-state index contributed by atoms with van der Waals surface area (Å²) in [5, 5.41) is 8.44. The summed E-state index contributed by atoms with van der Waals surface area (Å²) in [6.07, 6.45) is 1.94. The molecule has 3 atom stereocenters. The van der Waals surface area contributed by atoms with Crippen LogP contribution < -0.4 is 4.72 Å². The van der Waals surface area contributed by atoms with Crippen LogP contribution in [0.5, 0.6) is 0 Å². The van der Waals surface area contributed by atoms with E-state index in [1.54, 1.807) is 0 Å². The van der Waals surface area contributed by atoms with E-state index in [-0.39, 0.29) is 18.2 Å². The van der Waals surface area contributed by atoms with Gasteiger partial charge in [0.2, 0.25) is 10.0 Å². The number of piperidine rings is 1. The van der Waals surface area contributed by atoms with E-state index >= 15 is 0 Å². The van der Waals surface area contributed by atoms with Gasteiger partial charge in [-0.1, -0.05) is 13.8 Å². The van der Waals surface area contributed by atoms with E-state index < -0.39 is 10.0 Å². The number of likely N-dealkylation sites (tertiary alicyclic amines) is 1. The lowest BCUT2D eigenvalue weighted by molar-refractivity contribution is 0.134. The molecule has 1 fully saturated rings. The Labute approximate surface area is 123 Å². The van der Waals surface area contributed by atoms with Gasteiger partial charge in [0.25, 0.3) is 0 Å². The van der Waals surface area contributed by atoms with E-state index in [4.69, 9.17) is 5.26 Å². The summed E-state index contributed by atoms with van der Waals surface area (Å²) < 4.78 is 26.4. The summed E-state index contributed by atoms with van der Waals surface area (Å²) in [6, 6.07) is 1.88. The lowest BCUT2D eigenvalue weighted by Crippen LogP contribution is -2.47. The van der Waals surface area contributed by atoms with Crippen LogP contribution in [0.2, 0.25) is 0 Å². The molecule has 1 rings (SSSR count). The fraction of sp³-hybridized carbons (Fsp3) is 0.929. The van der Waals surface area contributed by atoms with Crippen molar-refractivity contribution in [3.63, 3.8) is 0 Å². The van der Waals surface area contributed by atoms with Gasteiger partial charge in [-0.25, -0.2) is 13.1 Å². The lowest BCUT2D eigenvalue weighted by atomic mass is 9.92. The van der Waals surface area contributed by atoms with Crippen LogP contribution in [-0.4, -0.2) is 44.7 Å². The average molecular weight is 301 g/mol. The number of nitriles is 1.